The second kappa shape index (κ2) is 4.79. The van der Waals surface area contributed by atoms with Crippen molar-refractivity contribution in [2.24, 2.45) is 5.92 Å². The number of fused-ring (bicyclic) bond motifs is 1. The molecule has 1 aliphatic carbocycles. The molecule has 2 unspecified atom stereocenters. The Hall–Kier alpha value is -2.24. The molecule has 0 bridgehead atoms. The zero-order valence-corrected chi connectivity index (χ0v) is 10.3. The first-order chi connectivity index (χ1) is 9.24. The molecule has 2 N–H and O–H groups in total. The average Bonchev–Trinajstić information content (AvgIpc) is 2.87. The second-order valence-corrected chi connectivity index (χ2v) is 4.72. The number of carboxylic acid groups (broad SMARTS) is 1. The number of hydrogen-bond acceptors (Lipinski definition) is 5. The molecule has 0 saturated heterocycles. The molecule has 2 atom stereocenters. The number of nitrogens with one attached hydrogen (secondary N) is 1. The van der Waals surface area contributed by atoms with E-state index in [9.17, 15) is 4.79 Å². The maximum Gasteiger partial charge on any atom is 0.308 e. The maximum atomic E-state index is 11.1. The third-order valence-corrected chi connectivity index (χ3v) is 3.50. The number of hydrogen-bond donors (Lipinski definition) is 2. The Labute approximate surface area is 109 Å². The predicted molar refractivity (Wildman–Crippen MR) is 69.7 cm³/mol. The number of nitrogens with zero attached hydrogens (tertiary/aromatic N) is 3. The van der Waals surface area contributed by atoms with Crippen molar-refractivity contribution in [3.8, 4) is 0 Å². The summed E-state index contributed by atoms with van der Waals surface area (Å²) in [4.78, 5) is 23.8. The lowest BCUT2D eigenvalue weighted by Gasteiger charge is -2.18. The summed E-state index contributed by atoms with van der Waals surface area (Å²) in [6, 6.07) is 3.59. The Morgan fingerprint density at radius 2 is 2.11 bits per heavy atom. The summed E-state index contributed by atoms with van der Waals surface area (Å²) >= 11 is 0. The lowest BCUT2D eigenvalue weighted by atomic mass is 10.0. The molecule has 0 radical (unpaired) electrons. The molecule has 1 aliphatic rings. The van der Waals surface area contributed by atoms with Crippen molar-refractivity contribution >= 4 is 23.0 Å². The Kier molecular flexibility index (Phi) is 2.98. The largest absolute Gasteiger partial charge is 0.481 e. The van der Waals surface area contributed by atoms with E-state index in [1.54, 1.807) is 12.4 Å². The molecular formula is C13H14N4O2. The number of pyridine rings is 1. The molecule has 6 nitrogen and oxygen atoms in total. The van der Waals surface area contributed by atoms with Gasteiger partial charge in [0.1, 0.15) is 11.3 Å². The average molecular weight is 258 g/mol. The van der Waals surface area contributed by atoms with Gasteiger partial charge in [-0.1, -0.05) is 6.42 Å². The van der Waals surface area contributed by atoms with E-state index in [1.807, 2.05) is 12.1 Å². The van der Waals surface area contributed by atoms with Gasteiger partial charge in [0.25, 0.3) is 0 Å². The minimum Gasteiger partial charge on any atom is -0.481 e. The quantitative estimate of drug-likeness (QED) is 0.871. The molecule has 2 aromatic rings. The normalized spacial score (nSPS) is 22.5. The highest BCUT2D eigenvalue weighted by Gasteiger charge is 2.32. The fraction of sp³-hybridized carbons (Fsp3) is 0.385. The monoisotopic (exact) mass is 258 g/mol. The Morgan fingerprint density at radius 3 is 2.95 bits per heavy atom. The zero-order chi connectivity index (χ0) is 13.2. The minimum absolute atomic E-state index is 0.0564. The summed E-state index contributed by atoms with van der Waals surface area (Å²) in [6.07, 6.45) is 5.73. The second-order valence-electron chi connectivity index (χ2n) is 4.72. The molecule has 6 heteroatoms. The van der Waals surface area contributed by atoms with E-state index < -0.39 is 5.97 Å². The molecule has 19 heavy (non-hydrogen) atoms. The molecule has 0 aliphatic heterocycles. The van der Waals surface area contributed by atoms with Gasteiger partial charge in [-0.2, -0.15) is 0 Å². The summed E-state index contributed by atoms with van der Waals surface area (Å²) in [7, 11) is 0. The summed E-state index contributed by atoms with van der Waals surface area (Å²) in [5.74, 6) is -0.416. The lowest BCUT2D eigenvalue weighted by Crippen LogP contribution is -2.30. The molecule has 2 heterocycles. The highest BCUT2D eigenvalue weighted by Crippen LogP contribution is 2.28. The van der Waals surface area contributed by atoms with Gasteiger partial charge in [-0.05, 0) is 25.0 Å². The first-order valence-corrected chi connectivity index (χ1v) is 6.31. The van der Waals surface area contributed by atoms with Crippen LogP contribution in [0.15, 0.2) is 24.5 Å². The van der Waals surface area contributed by atoms with Gasteiger partial charge in [0.15, 0.2) is 5.65 Å². The van der Waals surface area contributed by atoms with Gasteiger partial charge < -0.3 is 10.4 Å². The van der Waals surface area contributed by atoms with E-state index in [0.717, 1.165) is 24.8 Å². The predicted octanol–water partition coefficient (Wildman–Crippen LogP) is 1.69. The summed E-state index contributed by atoms with van der Waals surface area (Å²) < 4.78 is 0. The highest BCUT2D eigenvalue weighted by atomic mass is 16.4. The van der Waals surface area contributed by atoms with Crippen molar-refractivity contribution in [3.63, 3.8) is 0 Å². The topological polar surface area (TPSA) is 88.0 Å². The molecule has 2 aromatic heterocycles. The molecule has 0 aromatic carbocycles. The van der Waals surface area contributed by atoms with Crippen molar-refractivity contribution in [2.45, 2.75) is 25.3 Å². The van der Waals surface area contributed by atoms with Crippen molar-refractivity contribution in [2.75, 3.05) is 5.32 Å². The molecule has 0 amide bonds. The van der Waals surface area contributed by atoms with Gasteiger partial charge in [-0.15, -0.1) is 0 Å². The van der Waals surface area contributed by atoms with Gasteiger partial charge in [0.05, 0.1) is 5.92 Å². The van der Waals surface area contributed by atoms with Crippen molar-refractivity contribution in [1.82, 2.24) is 15.0 Å². The van der Waals surface area contributed by atoms with Gasteiger partial charge in [-0.3, -0.25) is 9.78 Å². The highest BCUT2D eigenvalue weighted by molar-refractivity contribution is 5.73. The van der Waals surface area contributed by atoms with Crippen LogP contribution in [0.25, 0.3) is 11.2 Å². The minimum atomic E-state index is -0.740. The van der Waals surface area contributed by atoms with E-state index in [4.69, 9.17) is 5.11 Å². The van der Waals surface area contributed by atoms with Crippen LogP contribution in [-0.2, 0) is 4.79 Å². The van der Waals surface area contributed by atoms with E-state index in [2.05, 4.69) is 20.3 Å². The molecule has 1 saturated carbocycles. The van der Waals surface area contributed by atoms with Gasteiger partial charge in [0.2, 0.25) is 0 Å². The number of carbonyl (C=O) groups is 1. The van der Waals surface area contributed by atoms with E-state index in [1.165, 1.54) is 0 Å². The first kappa shape index (κ1) is 11.8. The summed E-state index contributed by atoms with van der Waals surface area (Å²) in [6.45, 7) is 0. The molecule has 3 rings (SSSR count). The summed E-state index contributed by atoms with van der Waals surface area (Å²) in [5, 5.41) is 12.4. The van der Waals surface area contributed by atoms with Gasteiger partial charge >= 0.3 is 5.97 Å². The van der Waals surface area contributed by atoms with E-state index in [0.29, 0.717) is 11.5 Å². The summed E-state index contributed by atoms with van der Waals surface area (Å²) in [5.41, 5.74) is 1.30. The third kappa shape index (κ3) is 2.33. The number of aromatic nitrogens is 3. The van der Waals surface area contributed by atoms with Crippen LogP contribution in [0.4, 0.5) is 5.82 Å². The van der Waals surface area contributed by atoms with Crippen molar-refractivity contribution in [1.29, 1.82) is 0 Å². The van der Waals surface area contributed by atoms with E-state index in [-0.39, 0.29) is 12.0 Å². The molecule has 0 spiro atoms. The molecule has 1 fully saturated rings. The molecular weight excluding hydrogens is 244 g/mol. The zero-order valence-electron chi connectivity index (χ0n) is 10.3. The SMILES string of the molecule is O=C(O)C1CCCC1Nc1ccc2nccnc2n1. The van der Waals surface area contributed by atoms with Crippen molar-refractivity contribution in [3.05, 3.63) is 24.5 Å². The standard InChI is InChI=1S/C13H14N4O2/c18-13(19)8-2-1-3-9(8)16-11-5-4-10-12(17-11)15-7-6-14-10/h4-9H,1-3H2,(H,18,19)(H,15,16,17). The van der Waals surface area contributed by atoms with Crippen LogP contribution in [0.5, 0.6) is 0 Å². The maximum absolute atomic E-state index is 11.1. The Bertz CT molecular complexity index is 616. The Balaban J connectivity index is 1.83. The van der Waals surface area contributed by atoms with Crippen LogP contribution in [0.1, 0.15) is 19.3 Å². The fourth-order valence-electron chi connectivity index (χ4n) is 2.55. The number of rotatable bonds is 3. The van der Waals surface area contributed by atoms with E-state index >= 15 is 0 Å². The number of anilines is 1. The van der Waals surface area contributed by atoms with Crippen LogP contribution in [0, 0.1) is 5.92 Å². The van der Waals surface area contributed by atoms with Crippen LogP contribution in [-0.4, -0.2) is 32.1 Å². The molecule has 98 valence electrons. The number of aliphatic carboxylic acids is 1. The Morgan fingerprint density at radius 1 is 1.26 bits per heavy atom. The van der Waals surface area contributed by atoms with Crippen LogP contribution >= 0.6 is 0 Å². The fourth-order valence-corrected chi connectivity index (χ4v) is 2.55. The van der Waals surface area contributed by atoms with Crippen LogP contribution in [0.2, 0.25) is 0 Å². The van der Waals surface area contributed by atoms with Crippen LogP contribution in [0.3, 0.4) is 0 Å². The van der Waals surface area contributed by atoms with Crippen molar-refractivity contribution < 1.29 is 9.90 Å². The smallest absolute Gasteiger partial charge is 0.308 e. The first-order valence-electron chi connectivity index (χ1n) is 6.31. The lowest BCUT2D eigenvalue weighted by molar-refractivity contribution is -0.141. The van der Waals surface area contributed by atoms with Gasteiger partial charge in [-0.25, -0.2) is 9.97 Å². The van der Waals surface area contributed by atoms with Crippen LogP contribution < -0.4 is 5.32 Å². The van der Waals surface area contributed by atoms with Gasteiger partial charge in [0, 0.05) is 18.4 Å². The number of carboxylic acids is 1. The third-order valence-electron chi connectivity index (χ3n) is 3.50.